The summed E-state index contributed by atoms with van der Waals surface area (Å²) in [6.07, 6.45) is -1.37. The summed E-state index contributed by atoms with van der Waals surface area (Å²) in [4.78, 5) is 5.25. The maximum atomic E-state index is 12.5. The average Bonchev–Trinajstić information content (AvgIpc) is 2.37. The second kappa shape index (κ2) is 7.14. The third-order valence-electron chi connectivity index (χ3n) is 2.54. The molecule has 0 amide bonds. The van der Waals surface area contributed by atoms with Crippen LogP contribution in [0, 0.1) is 0 Å². The maximum absolute atomic E-state index is 12.5. The van der Waals surface area contributed by atoms with Crippen LogP contribution in [0.4, 0.5) is 14.6 Å². The summed E-state index contributed by atoms with van der Waals surface area (Å²) in [7, 11) is -0.771. The van der Waals surface area contributed by atoms with Crippen molar-refractivity contribution in [1.82, 2.24) is 9.29 Å². The highest BCUT2D eigenvalue weighted by molar-refractivity contribution is 7.89. The standard InChI is InChI=1S/C11H16ClF2N3O2S/c1-16(2)20(18,19)9-3-4-11(15-7-9)17(6-5-12)8-10(13)14/h3-4,7,10H,5-6,8H2,1-2H3. The minimum absolute atomic E-state index is 0.00844. The lowest BCUT2D eigenvalue weighted by Gasteiger charge is -2.22. The molecule has 0 N–H and O–H groups in total. The molecule has 0 saturated heterocycles. The fraction of sp³-hybridized carbons (Fsp3) is 0.545. The molecule has 0 aliphatic carbocycles. The van der Waals surface area contributed by atoms with Crippen molar-refractivity contribution in [3.63, 3.8) is 0 Å². The molecular formula is C11H16ClF2N3O2S. The minimum atomic E-state index is -3.58. The molecule has 0 aliphatic rings. The van der Waals surface area contributed by atoms with Crippen LogP contribution in [0.3, 0.4) is 0 Å². The van der Waals surface area contributed by atoms with E-state index < -0.39 is 23.0 Å². The summed E-state index contributed by atoms with van der Waals surface area (Å²) in [5.41, 5.74) is 0. The number of aromatic nitrogens is 1. The van der Waals surface area contributed by atoms with Crippen molar-refractivity contribution in [2.45, 2.75) is 11.3 Å². The largest absolute Gasteiger partial charge is 0.350 e. The van der Waals surface area contributed by atoms with Crippen LogP contribution in [0.1, 0.15) is 0 Å². The molecule has 5 nitrogen and oxygen atoms in total. The number of halogens is 3. The van der Waals surface area contributed by atoms with Crippen molar-refractivity contribution >= 4 is 27.4 Å². The van der Waals surface area contributed by atoms with Gasteiger partial charge in [-0.25, -0.2) is 26.5 Å². The molecule has 1 rings (SSSR count). The number of hydrogen-bond acceptors (Lipinski definition) is 4. The normalized spacial score (nSPS) is 12.2. The Labute approximate surface area is 122 Å². The zero-order valence-corrected chi connectivity index (χ0v) is 12.7. The van der Waals surface area contributed by atoms with Gasteiger partial charge < -0.3 is 4.90 Å². The highest BCUT2D eigenvalue weighted by Crippen LogP contribution is 2.17. The van der Waals surface area contributed by atoms with Gasteiger partial charge in [0.2, 0.25) is 10.0 Å². The van der Waals surface area contributed by atoms with Gasteiger partial charge in [0, 0.05) is 32.7 Å². The van der Waals surface area contributed by atoms with Gasteiger partial charge in [-0.1, -0.05) is 0 Å². The Bertz CT molecular complexity index is 523. The monoisotopic (exact) mass is 327 g/mol. The van der Waals surface area contributed by atoms with Crippen molar-refractivity contribution in [3.8, 4) is 0 Å². The first-order valence-electron chi connectivity index (χ1n) is 5.76. The van der Waals surface area contributed by atoms with Gasteiger partial charge in [-0.2, -0.15) is 0 Å². The molecular weight excluding hydrogens is 312 g/mol. The number of sulfonamides is 1. The van der Waals surface area contributed by atoms with Gasteiger partial charge in [-0.3, -0.25) is 0 Å². The van der Waals surface area contributed by atoms with E-state index in [-0.39, 0.29) is 23.1 Å². The molecule has 0 unspecified atom stereocenters. The van der Waals surface area contributed by atoms with Gasteiger partial charge in [0.05, 0.1) is 6.54 Å². The van der Waals surface area contributed by atoms with E-state index >= 15 is 0 Å². The predicted molar refractivity (Wildman–Crippen MR) is 74.0 cm³/mol. The topological polar surface area (TPSA) is 53.5 Å². The van der Waals surface area contributed by atoms with E-state index in [1.165, 1.54) is 31.1 Å². The first-order valence-corrected chi connectivity index (χ1v) is 7.74. The van der Waals surface area contributed by atoms with Crippen molar-refractivity contribution < 1.29 is 17.2 Å². The van der Waals surface area contributed by atoms with Crippen molar-refractivity contribution in [2.24, 2.45) is 0 Å². The minimum Gasteiger partial charge on any atom is -0.350 e. The van der Waals surface area contributed by atoms with E-state index in [0.717, 1.165) is 10.5 Å². The molecule has 1 aromatic rings. The molecule has 0 radical (unpaired) electrons. The summed E-state index contributed by atoms with van der Waals surface area (Å²) in [5, 5.41) is 0. The smallest absolute Gasteiger partial charge is 0.255 e. The summed E-state index contributed by atoms with van der Waals surface area (Å²) < 4.78 is 49.7. The van der Waals surface area contributed by atoms with Crippen LogP contribution < -0.4 is 4.90 Å². The summed E-state index contributed by atoms with van der Waals surface area (Å²) in [6.45, 7) is -0.293. The van der Waals surface area contributed by atoms with Crippen molar-refractivity contribution in [3.05, 3.63) is 18.3 Å². The molecule has 20 heavy (non-hydrogen) atoms. The van der Waals surface area contributed by atoms with E-state index in [1.54, 1.807) is 0 Å². The van der Waals surface area contributed by atoms with Crippen LogP contribution in [-0.2, 0) is 10.0 Å². The molecule has 0 bridgehead atoms. The van der Waals surface area contributed by atoms with Gasteiger partial charge in [-0.05, 0) is 12.1 Å². The fourth-order valence-corrected chi connectivity index (χ4v) is 2.54. The molecule has 0 aromatic carbocycles. The average molecular weight is 328 g/mol. The Kier molecular flexibility index (Phi) is 6.09. The van der Waals surface area contributed by atoms with Gasteiger partial charge >= 0.3 is 0 Å². The molecule has 114 valence electrons. The van der Waals surface area contributed by atoms with Crippen molar-refractivity contribution in [2.75, 3.05) is 38.0 Å². The van der Waals surface area contributed by atoms with Gasteiger partial charge in [0.15, 0.2) is 0 Å². The number of nitrogens with zero attached hydrogens (tertiary/aromatic N) is 3. The van der Waals surface area contributed by atoms with E-state index in [4.69, 9.17) is 11.6 Å². The summed E-state index contributed by atoms with van der Waals surface area (Å²) in [6, 6.07) is 2.73. The highest BCUT2D eigenvalue weighted by atomic mass is 35.5. The van der Waals surface area contributed by atoms with Crippen LogP contribution in [0.25, 0.3) is 0 Å². The Hall–Kier alpha value is -0.990. The second-order valence-electron chi connectivity index (χ2n) is 4.17. The van der Waals surface area contributed by atoms with Gasteiger partial charge in [-0.15, -0.1) is 11.6 Å². The van der Waals surface area contributed by atoms with Crippen molar-refractivity contribution in [1.29, 1.82) is 0 Å². The van der Waals surface area contributed by atoms with Gasteiger partial charge in [0.25, 0.3) is 6.43 Å². The highest BCUT2D eigenvalue weighted by Gasteiger charge is 2.19. The molecule has 1 aromatic heterocycles. The van der Waals surface area contributed by atoms with E-state index in [9.17, 15) is 17.2 Å². The molecule has 9 heteroatoms. The number of rotatable bonds is 7. The maximum Gasteiger partial charge on any atom is 0.255 e. The zero-order valence-electron chi connectivity index (χ0n) is 11.1. The quantitative estimate of drug-likeness (QED) is 0.714. The fourth-order valence-electron chi connectivity index (χ4n) is 1.49. The van der Waals surface area contributed by atoms with Crippen LogP contribution in [0.5, 0.6) is 0 Å². The molecule has 0 aliphatic heterocycles. The number of hydrogen-bond donors (Lipinski definition) is 0. The Balaban J connectivity index is 2.99. The van der Waals surface area contributed by atoms with E-state index in [0.29, 0.717) is 0 Å². The summed E-state index contributed by atoms with van der Waals surface area (Å²) in [5.74, 6) is 0.440. The molecule has 0 spiro atoms. The third kappa shape index (κ3) is 4.26. The molecule has 0 atom stereocenters. The predicted octanol–water partition coefficient (Wildman–Crippen LogP) is 1.64. The van der Waals surface area contributed by atoms with Gasteiger partial charge in [0.1, 0.15) is 10.7 Å². The number of alkyl halides is 3. The van der Waals surface area contributed by atoms with E-state index in [2.05, 4.69) is 4.98 Å². The Morgan fingerprint density at radius 3 is 2.40 bits per heavy atom. The molecule has 0 fully saturated rings. The lowest BCUT2D eigenvalue weighted by molar-refractivity contribution is 0.155. The van der Waals surface area contributed by atoms with Crippen LogP contribution in [-0.4, -0.2) is 57.2 Å². The molecule has 1 heterocycles. The zero-order chi connectivity index (χ0) is 15.3. The SMILES string of the molecule is CN(C)S(=O)(=O)c1ccc(N(CCCl)CC(F)F)nc1. The summed E-state index contributed by atoms with van der Waals surface area (Å²) >= 11 is 5.56. The first kappa shape index (κ1) is 17.1. The lowest BCUT2D eigenvalue weighted by Crippen LogP contribution is -2.31. The number of pyridine rings is 1. The Morgan fingerprint density at radius 1 is 1.35 bits per heavy atom. The van der Waals surface area contributed by atoms with Crippen LogP contribution in [0.15, 0.2) is 23.2 Å². The molecule has 0 saturated carbocycles. The van der Waals surface area contributed by atoms with Crippen LogP contribution >= 0.6 is 11.6 Å². The third-order valence-corrected chi connectivity index (χ3v) is 4.50. The van der Waals surface area contributed by atoms with Crippen LogP contribution in [0.2, 0.25) is 0 Å². The Morgan fingerprint density at radius 2 is 2.00 bits per heavy atom. The lowest BCUT2D eigenvalue weighted by atomic mass is 10.4. The second-order valence-corrected chi connectivity index (χ2v) is 6.70. The van der Waals surface area contributed by atoms with E-state index in [1.807, 2.05) is 0 Å². The first-order chi connectivity index (χ1) is 9.28. The number of anilines is 1.